The molecule has 1 saturated heterocycles. The Bertz CT molecular complexity index is 517. The second kappa shape index (κ2) is 8.58. The predicted molar refractivity (Wildman–Crippen MR) is 86.4 cm³/mol. The Morgan fingerprint density at radius 2 is 1.96 bits per heavy atom. The van der Waals surface area contributed by atoms with E-state index in [-0.39, 0.29) is 11.8 Å². The quantitative estimate of drug-likeness (QED) is 0.816. The molecule has 1 aromatic rings. The summed E-state index contributed by atoms with van der Waals surface area (Å²) in [6, 6.07) is 4.53. The molecule has 0 aromatic heterocycles. The first-order valence-electron chi connectivity index (χ1n) is 8.33. The van der Waals surface area contributed by atoms with Gasteiger partial charge >= 0.3 is 6.36 Å². The van der Waals surface area contributed by atoms with Gasteiger partial charge in [-0.15, -0.1) is 13.2 Å². The SMILES string of the molecule is CCCC[C@H](c1ccc(OC(F)(F)F)cc1OC)N1CCNCC1. The van der Waals surface area contributed by atoms with Gasteiger partial charge in [-0.05, 0) is 12.5 Å². The van der Waals surface area contributed by atoms with Crippen LogP contribution in [0, 0.1) is 0 Å². The molecule has 4 nitrogen and oxygen atoms in total. The van der Waals surface area contributed by atoms with Gasteiger partial charge in [0, 0.05) is 43.9 Å². The summed E-state index contributed by atoms with van der Waals surface area (Å²) in [5, 5.41) is 3.32. The number of benzene rings is 1. The van der Waals surface area contributed by atoms with E-state index in [9.17, 15) is 13.2 Å². The summed E-state index contributed by atoms with van der Waals surface area (Å²) in [6.45, 7) is 5.80. The van der Waals surface area contributed by atoms with Gasteiger partial charge < -0.3 is 14.8 Å². The monoisotopic (exact) mass is 346 g/mol. The number of methoxy groups -OCH3 is 1. The van der Waals surface area contributed by atoms with E-state index in [4.69, 9.17) is 4.74 Å². The maximum absolute atomic E-state index is 12.4. The van der Waals surface area contributed by atoms with Crippen LogP contribution >= 0.6 is 0 Å². The molecule has 136 valence electrons. The van der Waals surface area contributed by atoms with Crippen molar-refractivity contribution in [2.45, 2.75) is 38.6 Å². The number of rotatable bonds is 7. The molecule has 0 amide bonds. The molecule has 0 unspecified atom stereocenters. The lowest BCUT2D eigenvalue weighted by Gasteiger charge is -2.36. The molecule has 1 aliphatic rings. The second-order valence-electron chi connectivity index (χ2n) is 5.90. The lowest BCUT2D eigenvalue weighted by atomic mass is 9.97. The average Bonchev–Trinajstić information content (AvgIpc) is 2.55. The molecular formula is C17H25F3N2O2. The summed E-state index contributed by atoms with van der Waals surface area (Å²) in [5.74, 6) is 0.189. The molecule has 1 fully saturated rings. The molecule has 0 aliphatic carbocycles. The zero-order chi connectivity index (χ0) is 17.6. The van der Waals surface area contributed by atoms with Crippen molar-refractivity contribution in [3.63, 3.8) is 0 Å². The molecule has 1 heterocycles. The van der Waals surface area contributed by atoms with Crippen LogP contribution in [0.2, 0.25) is 0 Å². The maximum Gasteiger partial charge on any atom is 0.573 e. The molecule has 1 aromatic carbocycles. The van der Waals surface area contributed by atoms with Crippen LogP contribution in [0.1, 0.15) is 37.8 Å². The van der Waals surface area contributed by atoms with Crippen LogP contribution in [0.15, 0.2) is 18.2 Å². The standard InChI is InChI=1S/C17H25F3N2O2/c1-3-4-5-15(22-10-8-21-9-11-22)14-7-6-13(12-16(14)23-2)24-17(18,19)20/h6-7,12,15,21H,3-5,8-11H2,1-2H3/t15-/m1/s1. The van der Waals surface area contributed by atoms with Crippen molar-refractivity contribution in [1.82, 2.24) is 10.2 Å². The lowest BCUT2D eigenvalue weighted by molar-refractivity contribution is -0.274. The average molecular weight is 346 g/mol. The summed E-state index contributed by atoms with van der Waals surface area (Å²) in [5.41, 5.74) is 0.919. The minimum absolute atomic E-state index is 0.141. The third-order valence-corrected chi connectivity index (χ3v) is 4.22. The number of unbranched alkanes of at least 4 members (excludes halogenated alkanes) is 1. The van der Waals surface area contributed by atoms with E-state index in [1.54, 1.807) is 6.07 Å². The largest absolute Gasteiger partial charge is 0.573 e. The number of hydrogen-bond acceptors (Lipinski definition) is 4. The first kappa shape index (κ1) is 18.9. The minimum Gasteiger partial charge on any atom is -0.496 e. The highest BCUT2D eigenvalue weighted by atomic mass is 19.4. The van der Waals surface area contributed by atoms with Gasteiger partial charge in [0.15, 0.2) is 0 Å². The van der Waals surface area contributed by atoms with Crippen molar-refractivity contribution in [3.05, 3.63) is 23.8 Å². The number of halogens is 3. The second-order valence-corrected chi connectivity index (χ2v) is 5.90. The van der Waals surface area contributed by atoms with Crippen molar-refractivity contribution >= 4 is 0 Å². The van der Waals surface area contributed by atoms with Crippen LogP contribution in [0.25, 0.3) is 0 Å². The van der Waals surface area contributed by atoms with Gasteiger partial charge in [-0.3, -0.25) is 4.90 Å². The fourth-order valence-corrected chi connectivity index (χ4v) is 3.09. The van der Waals surface area contributed by atoms with Crippen LogP contribution in [0.5, 0.6) is 11.5 Å². The van der Waals surface area contributed by atoms with Crippen molar-refractivity contribution in [3.8, 4) is 11.5 Å². The molecule has 24 heavy (non-hydrogen) atoms. The molecule has 0 spiro atoms. The summed E-state index contributed by atoms with van der Waals surface area (Å²) in [4.78, 5) is 2.37. The van der Waals surface area contributed by atoms with Crippen LogP contribution in [0.3, 0.4) is 0 Å². The van der Waals surface area contributed by atoms with Gasteiger partial charge in [-0.1, -0.05) is 25.8 Å². The van der Waals surface area contributed by atoms with E-state index >= 15 is 0 Å². The van der Waals surface area contributed by atoms with Crippen molar-refractivity contribution in [2.24, 2.45) is 0 Å². The van der Waals surface area contributed by atoms with Crippen molar-refractivity contribution in [2.75, 3.05) is 33.3 Å². The van der Waals surface area contributed by atoms with Crippen LogP contribution in [-0.2, 0) is 0 Å². The van der Waals surface area contributed by atoms with Crippen molar-refractivity contribution in [1.29, 1.82) is 0 Å². The summed E-state index contributed by atoms with van der Waals surface area (Å²) >= 11 is 0. The highest BCUT2D eigenvalue weighted by molar-refractivity contribution is 5.42. The molecule has 0 saturated carbocycles. The summed E-state index contributed by atoms with van der Waals surface area (Å²) in [6.07, 6.45) is -1.63. The van der Waals surface area contributed by atoms with Crippen LogP contribution in [0.4, 0.5) is 13.2 Å². The van der Waals surface area contributed by atoms with E-state index < -0.39 is 6.36 Å². The highest BCUT2D eigenvalue weighted by Crippen LogP contribution is 2.37. The Balaban J connectivity index is 2.26. The molecule has 7 heteroatoms. The number of nitrogens with one attached hydrogen (secondary N) is 1. The first-order chi connectivity index (χ1) is 11.4. The van der Waals surface area contributed by atoms with E-state index in [1.165, 1.54) is 19.2 Å². The van der Waals surface area contributed by atoms with Gasteiger partial charge in [0.2, 0.25) is 0 Å². The van der Waals surface area contributed by atoms with Crippen LogP contribution < -0.4 is 14.8 Å². The Kier molecular flexibility index (Phi) is 6.74. The Hall–Kier alpha value is -1.47. The zero-order valence-electron chi connectivity index (χ0n) is 14.2. The predicted octanol–water partition coefficient (Wildman–Crippen LogP) is 3.73. The number of piperazine rings is 1. The smallest absolute Gasteiger partial charge is 0.496 e. The summed E-state index contributed by atoms with van der Waals surface area (Å²) < 4.78 is 46.6. The highest BCUT2D eigenvalue weighted by Gasteiger charge is 2.32. The zero-order valence-corrected chi connectivity index (χ0v) is 14.2. The first-order valence-corrected chi connectivity index (χ1v) is 8.33. The maximum atomic E-state index is 12.4. The van der Waals surface area contributed by atoms with Gasteiger partial charge in [0.1, 0.15) is 11.5 Å². The Labute approximate surface area is 140 Å². The normalized spacial score (nSPS) is 17.5. The summed E-state index contributed by atoms with van der Waals surface area (Å²) in [7, 11) is 1.48. The van der Waals surface area contributed by atoms with Crippen molar-refractivity contribution < 1.29 is 22.6 Å². The molecule has 1 atom stereocenters. The molecular weight excluding hydrogens is 321 g/mol. The van der Waals surface area contributed by atoms with E-state index in [0.29, 0.717) is 5.75 Å². The number of alkyl halides is 3. The van der Waals surface area contributed by atoms with E-state index in [0.717, 1.165) is 51.0 Å². The lowest BCUT2D eigenvalue weighted by Crippen LogP contribution is -2.45. The molecule has 0 bridgehead atoms. The van der Waals surface area contributed by atoms with Gasteiger partial charge in [-0.2, -0.15) is 0 Å². The molecule has 1 aliphatic heterocycles. The number of ether oxygens (including phenoxy) is 2. The topological polar surface area (TPSA) is 33.7 Å². The van der Waals surface area contributed by atoms with Crippen LogP contribution in [-0.4, -0.2) is 44.6 Å². The third-order valence-electron chi connectivity index (χ3n) is 4.22. The Morgan fingerprint density at radius 3 is 2.54 bits per heavy atom. The minimum atomic E-state index is -4.70. The number of hydrogen-bond donors (Lipinski definition) is 1. The molecule has 0 radical (unpaired) electrons. The van der Waals surface area contributed by atoms with E-state index in [2.05, 4.69) is 21.9 Å². The molecule has 2 rings (SSSR count). The fourth-order valence-electron chi connectivity index (χ4n) is 3.09. The number of nitrogens with zero attached hydrogens (tertiary/aromatic N) is 1. The Morgan fingerprint density at radius 1 is 1.25 bits per heavy atom. The van der Waals surface area contributed by atoms with Gasteiger partial charge in [0.05, 0.1) is 7.11 Å². The third kappa shape index (κ3) is 5.27. The fraction of sp³-hybridized carbons (Fsp3) is 0.647. The van der Waals surface area contributed by atoms with E-state index in [1.807, 2.05) is 0 Å². The van der Waals surface area contributed by atoms with Gasteiger partial charge in [0.25, 0.3) is 0 Å². The molecule has 1 N–H and O–H groups in total. The van der Waals surface area contributed by atoms with Gasteiger partial charge in [-0.25, -0.2) is 0 Å².